The number of piperidine rings is 1. The van der Waals surface area contributed by atoms with E-state index >= 15 is 0 Å². The fourth-order valence-electron chi connectivity index (χ4n) is 3.41. The number of nitrogens with zero attached hydrogens (tertiary/aromatic N) is 2. The van der Waals surface area contributed by atoms with Crippen molar-refractivity contribution in [2.45, 2.75) is 53.0 Å². The molecule has 3 nitrogen and oxygen atoms in total. The van der Waals surface area contributed by atoms with E-state index in [9.17, 15) is 4.79 Å². The van der Waals surface area contributed by atoms with Crippen molar-refractivity contribution in [3.05, 3.63) is 0 Å². The Morgan fingerprint density at radius 3 is 2.11 bits per heavy atom. The molecule has 110 valence electrons. The summed E-state index contributed by atoms with van der Waals surface area (Å²) in [5.74, 6) is 0.574. The van der Waals surface area contributed by atoms with Gasteiger partial charge in [0.1, 0.15) is 5.78 Å². The normalized spacial score (nSPS) is 24.7. The summed E-state index contributed by atoms with van der Waals surface area (Å²) >= 11 is 0. The SMILES string of the molecule is CC(C)C(=O)CN1CCC2(CC1)CCN(C(C)C)C2. The van der Waals surface area contributed by atoms with Gasteiger partial charge >= 0.3 is 0 Å². The fourth-order valence-corrected chi connectivity index (χ4v) is 3.41. The van der Waals surface area contributed by atoms with Crippen molar-refractivity contribution in [1.29, 1.82) is 0 Å². The monoisotopic (exact) mass is 266 g/mol. The van der Waals surface area contributed by atoms with Crippen LogP contribution < -0.4 is 0 Å². The first-order valence-corrected chi connectivity index (χ1v) is 7.91. The predicted octanol–water partition coefficient (Wildman–Crippen LogP) is 2.41. The molecule has 2 aliphatic heterocycles. The van der Waals surface area contributed by atoms with E-state index < -0.39 is 0 Å². The van der Waals surface area contributed by atoms with Gasteiger partial charge in [0.15, 0.2) is 0 Å². The van der Waals surface area contributed by atoms with E-state index in [1.165, 1.54) is 32.4 Å². The summed E-state index contributed by atoms with van der Waals surface area (Å²) in [7, 11) is 0. The molecule has 2 saturated heterocycles. The molecule has 0 aromatic carbocycles. The molecule has 0 saturated carbocycles. The van der Waals surface area contributed by atoms with Crippen molar-refractivity contribution >= 4 is 5.78 Å². The van der Waals surface area contributed by atoms with E-state index in [4.69, 9.17) is 0 Å². The molecule has 0 aliphatic carbocycles. The lowest BCUT2D eigenvalue weighted by molar-refractivity contribution is -0.123. The first-order valence-electron chi connectivity index (χ1n) is 7.91. The smallest absolute Gasteiger partial charge is 0.149 e. The Balaban J connectivity index is 1.81. The lowest BCUT2D eigenvalue weighted by Gasteiger charge is -2.39. The number of carbonyl (C=O) groups excluding carboxylic acids is 1. The molecule has 0 atom stereocenters. The van der Waals surface area contributed by atoms with E-state index in [1.54, 1.807) is 0 Å². The minimum atomic E-state index is 0.179. The molecule has 0 aromatic rings. The lowest BCUT2D eigenvalue weighted by atomic mass is 9.77. The Morgan fingerprint density at radius 1 is 1.05 bits per heavy atom. The molecule has 0 N–H and O–H groups in total. The van der Waals surface area contributed by atoms with Crippen molar-refractivity contribution < 1.29 is 4.79 Å². The molecule has 19 heavy (non-hydrogen) atoms. The van der Waals surface area contributed by atoms with Crippen LogP contribution in [-0.2, 0) is 4.79 Å². The number of carbonyl (C=O) groups is 1. The third kappa shape index (κ3) is 3.57. The van der Waals surface area contributed by atoms with Crippen molar-refractivity contribution in [2.75, 3.05) is 32.7 Å². The van der Waals surface area contributed by atoms with Gasteiger partial charge in [-0.2, -0.15) is 0 Å². The fraction of sp³-hybridized carbons (Fsp3) is 0.938. The van der Waals surface area contributed by atoms with Gasteiger partial charge in [0.05, 0.1) is 6.54 Å². The highest BCUT2D eigenvalue weighted by molar-refractivity contribution is 5.82. The maximum Gasteiger partial charge on any atom is 0.149 e. The summed E-state index contributed by atoms with van der Waals surface area (Å²) in [6.45, 7) is 14.1. The van der Waals surface area contributed by atoms with Crippen molar-refractivity contribution in [3.8, 4) is 0 Å². The summed E-state index contributed by atoms with van der Waals surface area (Å²) in [5, 5.41) is 0. The second kappa shape index (κ2) is 5.92. The second-order valence-electron chi connectivity index (χ2n) is 7.21. The molecule has 2 aliphatic rings. The van der Waals surface area contributed by atoms with Crippen LogP contribution in [0.5, 0.6) is 0 Å². The molecule has 0 bridgehead atoms. The van der Waals surface area contributed by atoms with Crippen LogP contribution in [0.4, 0.5) is 0 Å². The Bertz CT molecular complexity index is 317. The topological polar surface area (TPSA) is 23.6 Å². The molecule has 3 heteroatoms. The van der Waals surface area contributed by atoms with Crippen molar-refractivity contribution in [2.24, 2.45) is 11.3 Å². The minimum absolute atomic E-state index is 0.179. The summed E-state index contributed by atoms with van der Waals surface area (Å²) < 4.78 is 0. The number of hydrogen-bond donors (Lipinski definition) is 0. The molecule has 0 amide bonds. The molecule has 0 radical (unpaired) electrons. The van der Waals surface area contributed by atoms with Gasteiger partial charge in [0.25, 0.3) is 0 Å². The number of rotatable bonds is 4. The molecule has 2 heterocycles. The van der Waals surface area contributed by atoms with Crippen molar-refractivity contribution in [3.63, 3.8) is 0 Å². The van der Waals surface area contributed by atoms with Gasteiger partial charge in [-0.1, -0.05) is 13.8 Å². The van der Waals surface area contributed by atoms with Gasteiger partial charge in [-0.3, -0.25) is 9.69 Å². The molecule has 1 spiro atoms. The zero-order valence-electron chi connectivity index (χ0n) is 13.1. The Labute approximate surface area is 118 Å². The lowest BCUT2D eigenvalue weighted by Crippen LogP contribution is -2.44. The number of ketones is 1. The average molecular weight is 266 g/mol. The highest BCUT2D eigenvalue weighted by atomic mass is 16.1. The standard InChI is InChI=1S/C16H30N2O/c1-13(2)15(19)11-17-8-5-16(6-9-17)7-10-18(12-16)14(3)4/h13-14H,5-12H2,1-4H3. The third-order valence-electron chi connectivity index (χ3n) is 5.14. The van der Waals surface area contributed by atoms with Crippen LogP contribution in [0.15, 0.2) is 0 Å². The van der Waals surface area contributed by atoms with E-state index in [0.29, 0.717) is 23.8 Å². The molecular weight excluding hydrogens is 236 g/mol. The van der Waals surface area contributed by atoms with Gasteiger partial charge in [-0.15, -0.1) is 0 Å². The first-order chi connectivity index (χ1) is 8.92. The minimum Gasteiger partial charge on any atom is -0.300 e. The number of hydrogen-bond acceptors (Lipinski definition) is 3. The zero-order valence-corrected chi connectivity index (χ0v) is 13.1. The van der Waals surface area contributed by atoms with Crippen LogP contribution in [-0.4, -0.2) is 54.3 Å². The van der Waals surface area contributed by atoms with E-state index in [2.05, 4.69) is 23.6 Å². The van der Waals surface area contributed by atoms with Gasteiger partial charge < -0.3 is 4.90 Å². The van der Waals surface area contributed by atoms with Crippen LogP contribution in [0.3, 0.4) is 0 Å². The Morgan fingerprint density at radius 2 is 1.63 bits per heavy atom. The van der Waals surface area contributed by atoms with Gasteiger partial charge in [0.2, 0.25) is 0 Å². The largest absolute Gasteiger partial charge is 0.300 e. The predicted molar refractivity (Wildman–Crippen MR) is 79.3 cm³/mol. The maximum atomic E-state index is 11.8. The summed E-state index contributed by atoms with van der Waals surface area (Å²) in [4.78, 5) is 16.8. The van der Waals surface area contributed by atoms with Crippen LogP contribution in [0, 0.1) is 11.3 Å². The zero-order chi connectivity index (χ0) is 14.0. The molecule has 2 rings (SSSR count). The summed E-state index contributed by atoms with van der Waals surface area (Å²) in [6, 6.07) is 0.680. The molecular formula is C16H30N2O. The highest BCUT2D eigenvalue weighted by Gasteiger charge is 2.41. The Hall–Kier alpha value is -0.410. The van der Waals surface area contributed by atoms with Crippen LogP contribution >= 0.6 is 0 Å². The molecule has 2 fully saturated rings. The highest BCUT2D eigenvalue weighted by Crippen LogP contribution is 2.40. The van der Waals surface area contributed by atoms with Crippen LogP contribution in [0.25, 0.3) is 0 Å². The van der Waals surface area contributed by atoms with Gasteiger partial charge in [-0.25, -0.2) is 0 Å². The van der Waals surface area contributed by atoms with Crippen LogP contribution in [0.1, 0.15) is 47.0 Å². The number of Topliss-reactive ketones (excluding diaryl/α,β-unsaturated/α-hetero) is 1. The summed E-state index contributed by atoms with van der Waals surface area (Å²) in [6.07, 6.45) is 3.92. The van der Waals surface area contributed by atoms with Gasteiger partial charge in [0, 0.05) is 18.5 Å². The average Bonchev–Trinajstić information content (AvgIpc) is 2.77. The number of likely N-dealkylation sites (tertiary alicyclic amines) is 2. The van der Waals surface area contributed by atoms with Crippen molar-refractivity contribution in [1.82, 2.24) is 9.80 Å². The molecule has 0 aromatic heterocycles. The second-order valence-corrected chi connectivity index (χ2v) is 7.21. The van der Waals surface area contributed by atoms with Crippen LogP contribution in [0.2, 0.25) is 0 Å². The van der Waals surface area contributed by atoms with Gasteiger partial charge in [-0.05, 0) is 58.2 Å². The van der Waals surface area contributed by atoms with E-state index in [0.717, 1.165) is 13.1 Å². The van der Waals surface area contributed by atoms with E-state index in [-0.39, 0.29) is 5.92 Å². The summed E-state index contributed by atoms with van der Waals surface area (Å²) in [5.41, 5.74) is 0.557. The quantitative estimate of drug-likeness (QED) is 0.781. The van der Waals surface area contributed by atoms with E-state index in [1.807, 2.05) is 13.8 Å². The first kappa shape index (κ1) is 15.0. The maximum absolute atomic E-state index is 11.8. The Kier molecular flexibility index (Phi) is 4.67. The third-order valence-corrected chi connectivity index (χ3v) is 5.14. The molecule has 0 unspecified atom stereocenters.